The number of aliphatic carboxylic acids is 1. The standard InChI is InChI=1S/C15H18N2O3/c1-2-17(9-8-15(18)19)11-13-10-14(20-16-13)12-6-4-3-5-7-12/h3-7,10H,2,8-9,11H2,1H3,(H,18,19). The summed E-state index contributed by atoms with van der Waals surface area (Å²) in [6, 6.07) is 11.7. The van der Waals surface area contributed by atoms with E-state index in [0.717, 1.165) is 23.6 Å². The zero-order chi connectivity index (χ0) is 14.4. The summed E-state index contributed by atoms with van der Waals surface area (Å²) in [5.41, 5.74) is 1.80. The molecule has 0 amide bonds. The van der Waals surface area contributed by atoms with Crippen molar-refractivity contribution < 1.29 is 14.4 Å². The normalized spacial score (nSPS) is 10.9. The fourth-order valence-corrected chi connectivity index (χ4v) is 1.96. The summed E-state index contributed by atoms with van der Waals surface area (Å²) >= 11 is 0. The van der Waals surface area contributed by atoms with Gasteiger partial charge in [-0.2, -0.15) is 0 Å². The van der Waals surface area contributed by atoms with E-state index in [1.54, 1.807) is 0 Å². The van der Waals surface area contributed by atoms with Gasteiger partial charge < -0.3 is 9.63 Å². The van der Waals surface area contributed by atoms with Crippen LogP contribution in [-0.4, -0.2) is 34.2 Å². The van der Waals surface area contributed by atoms with Crippen molar-refractivity contribution in [1.29, 1.82) is 0 Å². The van der Waals surface area contributed by atoms with Crippen LogP contribution in [0, 0.1) is 0 Å². The highest BCUT2D eigenvalue weighted by molar-refractivity contribution is 5.66. The van der Waals surface area contributed by atoms with Crippen LogP contribution in [0.5, 0.6) is 0 Å². The number of hydrogen-bond acceptors (Lipinski definition) is 4. The number of carboxylic acid groups (broad SMARTS) is 1. The first-order valence-corrected chi connectivity index (χ1v) is 6.64. The second-order valence-corrected chi connectivity index (χ2v) is 4.56. The average molecular weight is 274 g/mol. The molecular weight excluding hydrogens is 256 g/mol. The molecule has 0 spiro atoms. The summed E-state index contributed by atoms with van der Waals surface area (Å²) in [6.45, 7) is 3.89. The molecule has 0 radical (unpaired) electrons. The number of hydrogen-bond donors (Lipinski definition) is 1. The van der Waals surface area contributed by atoms with Crippen molar-refractivity contribution >= 4 is 5.97 Å². The number of benzene rings is 1. The Hall–Kier alpha value is -2.14. The highest BCUT2D eigenvalue weighted by Gasteiger charge is 2.11. The molecule has 0 unspecified atom stereocenters. The van der Waals surface area contributed by atoms with Crippen molar-refractivity contribution in [3.63, 3.8) is 0 Å². The van der Waals surface area contributed by atoms with E-state index in [1.807, 2.05) is 48.2 Å². The Labute approximate surface area is 117 Å². The smallest absolute Gasteiger partial charge is 0.304 e. The molecule has 1 heterocycles. The largest absolute Gasteiger partial charge is 0.481 e. The Bertz CT molecular complexity index is 551. The van der Waals surface area contributed by atoms with Gasteiger partial charge in [0.25, 0.3) is 0 Å². The van der Waals surface area contributed by atoms with Crippen LogP contribution in [0.25, 0.3) is 11.3 Å². The third-order valence-electron chi connectivity index (χ3n) is 3.09. The lowest BCUT2D eigenvalue weighted by molar-refractivity contribution is -0.137. The lowest BCUT2D eigenvalue weighted by atomic mass is 10.1. The highest BCUT2D eigenvalue weighted by atomic mass is 16.5. The minimum absolute atomic E-state index is 0.136. The third kappa shape index (κ3) is 3.93. The van der Waals surface area contributed by atoms with E-state index >= 15 is 0 Å². The second kappa shape index (κ2) is 6.86. The van der Waals surface area contributed by atoms with E-state index in [2.05, 4.69) is 5.16 Å². The molecule has 1 N–H and O–H groups in total. The third-order valence-corrected chi connectivity index (χ3v) is 3.09. The van der Waals surface area contributed by atoms with Gasteiger partial charge in [0.1, 0.15) is 0 Å². The summed E-state index contributed by atoms with van der Waals surface area (Å²) in [6.07, 6.45) is 0.136. The van der Waals surface area contributed by atoms with Gasteiger partial charge in [-0.15, -0.1) is 0 Å². The molecule has 0 aliphatic rings. The molecule has 2 rings (SSSR count). The van der Waals surface area contributed by atoms with Gasteiger partial charge in [-0.05, 0) is 6.54 Å². The van der Waals surface area contributed by atoms with Gasteiger partial charge in [-0.25, -0.2) is 0 Å². The summed E-state index contributed by atoms with van der Waals surface area (Å²) in [5.74, 6) is -0.0523. The quantitative estimate of drug-likeness (QED) is 0.840. The zero-order valence-corrected chi connectivity index (χ0v) is 11.5. The van der Waals surface area contributed by atoms with Crippen LogP contribution in [-0.2, 0) is 11.3 Å². The van der Waals surface area contributed by atoms with Crippen molar-refractivity contribution in [3.8, 4) is 11.3 Å². The molecule has 0 atom stereocenters. The molecule has 106 valence electrons. The first-order chi connectivity index (χ1) is 9.69. The van der Waals surface area contributed by atoms with Crippen LogP contribution in [0.3, 0.4) is 0 Å². The maximum absolute atomic E-state index is 10.6. The lowest BCUT2D eigenvalue weighted by Gasteiger charge is -2.17. The van der Waals surface area contributed by atoms with Gasteiger partial charge in [0, 0.05) is 24.7 Å². The van der Waals surface area contributed by atoms with E-state index in [9.17, 15) is 4.79 Å². The summed E-state index contributed by atoms with van der Waals surface area (Å²) in [5, 5.41) is 12.8. The average Bonchev–Trinajstić information content (AvgIpc) is 2.92. The van der Waals surface area contributed by atoms with Crippen molar-refractivity contribution in [3.05, 3.63) is 42.1 Å². The van der Waals surface area contributed by atoms with E-state index in [-0.39, 0.29) is 6.42 Å². The van der Waals surface area contributed by atoms with Crippen LogP contribution < -0.4 is 0 Å². The molecule has 5 nitrogen and oxygen atoms in total. The second-order valence-electron chi connectivity index (χ2n) is 4.56. The van der Waals surface area contributed by atoms with Gasteiger partial charge in [0.15, 0.2) is 5.76 Å². The van der Waals surface area contributed by atoms with Crippen molar-refractivity contribution in [2.75, 3.05) is 13.1 Å². The summed E-state index contributed by atoms with van der Waals surface area (Å²) in [7, 11) is 0. The highest BCUT2D eigenvalue weighted by Crippen LogP contribution is 2.20. The monoisotopic (exact) mass is 274 g/mol. The predicted octanol–water partition coefficient (Wildman–Crippen LogP) is 2.64. The van der Waals surface area contributed by atoms with E-state index in [0.29, 0.717) is 13.1 Å². The Morgan fingerprint density at radius 3 is 2.75 bits per heavy atom. The van der Waals surface area contributed by atoms with Crippen molar-refractivity contribution in [1.82, 2.24) is 10.1 Å². The molecular formula is C15H18N2O3. The maximum Gasteiger partial charge on any atom is 0.304 e. The first kappa shape index (κ1) is 14.3. The molecule has 0 fully saturated rings. The molecule has 0 saturated carbocycles. The number of aromatic nitrogens is 1. The summed E-state index contributed by atoms with van der Waals surface area (Å²) < 4.78 is 5.33. The number of nitrogens with zero attached hydrogens (tertiary/aromatic N) is 2. The molecule has 0 bridgehead atoms. The van der Waals surface area contributed by atoms with E-state index < -0.39 is 5.97 Å². The molecule has 20 heavy (non-hydrogen) atoms. The van der Waals surface area contributed by atoms with Crippen molar-refractivity contribution in [2.45, 2.75) is 19.9 Å². The van der Waals surface area contributed by atoms with Gasteiger partial charge in [-0.1, -0.05) is 42.4 Å². The van der Waals surface area contributed by atoms with E-state index in [1.165, 1.54) is 0 Å². The molecule has 0 aliphatic carbocycles. The number of rotatable bonds is 7. The Balaban J connectivity index is 2.00. The van der Waals surface area contributed by atoms with Gasteiger partial charge in [-0.3, -0.25) is 9.69 Å². The van der Waals surface area contributed by atoms with Crippen LogP contribution >= 0.6 is 0 Å². The topological polar surface area (TPSA) is 66.6 Å². The SMILES string of the molecule is CCN(CCC(=O)O)Cc1cc(-c2ccccc2)on1. The Morgan fingerprint density at radius 2 is 2.10 bits per heavy atom. The fraction of sp³-hybridized carbons (Fsp3) is 0.333. The predicted molar refractivity (Wildman–Crippen MR) is 75.1 cm³/mol. The van der Waals surface area contributed by atoms with Crippen LogP contribution in [0.2, 0.25) is 0 Å². The molecule has 0 aliphatic heterocycles. The van der Waals surface area contributed by atoms with Crippen LogP contribution in [0.1, 0.15) is 19.0 Å². The molecule has 0 saturated heterocycles. The maximum atomic E-state index is 10.6. The van der Waals surface area contributed by atoms with Gasteiger partial charge in [0.2, 0.25) is 0 Å². The molecule has 5 heteroatoms. The lowest BCUT2D eigenvalue weighted by Crippen LogP contribution is -2.25. The molecule has 2 aromatic rings. The molecule has 1 aromatic carbocycles. The van der Waals surface area contributed by atoms with Gasteiger partial charge in [0.05, 0.1) is 12.1 Å². The minimum Gasteiger partial charge on any atom is -0.481 e. The van der Waals surface area contributed by atoms with Crippen LogP contribution in [0.4, 0.5) is 0 Å². The minimum atomic E-state index is -0.784. The summed E-state index contributed by atoms with van der Waals surface area (Å²) in [4.78, 5) is 12.6. The Kier molecular flexibility index (Phi) is 4.90. The fourth-order valence-electron chi connectivity index (χ4n) is 1.96. The zero-order valence-electron chi connectivity index (χ0n) is 11.5. The van der Waals surface area contributed by atoms with Gasteiger partial charge >= 0.3 is 5.97 Å². The molecule has 1 aromatic heterocycles. The first-order valence-electron chi connectivity index (χ1n) is 6.64. The number of carbonyl (C=O) groups is 1. The van der Waals surface area contributed by atoms with E-state index in [4.69, 9.17) is 9.63 Å². The number of carboxylic acids is 1. The van der Waals surface area contributed by atoms with Crippen LogP contribution in [0.15, 0.2) is 40.9 Å². The van der Waals surface area contributed by atoms with Crippen molar-refractivity contribution in [2.24, 2.45) is 0 Å². The Morgan fingerprint density at radius 1 is 1.35 bits per heavy atom.